The van der Waals surface area contributed by atoms with Crippen LogP contribution in [-0.4, -0.2) is 30.0 Å². The Kier molecular flexibility index (Phi) is 3.74. The normalized spacial score (nSPS) is 12.5. The zero-order valence-electron chi connectivity index (χ0n) is 12.0. The van der Waals surface area contributed by atoms with E-state index in [0.29, 0.717) is 0 Å². The first-order valence-corrected chi connectivity index (χ1v) is 6.77. The highest BCUT2D eigenvalue weighted by Crippen LogP contribution is 2.16. The molecule has 0 aliphatic rings. The Labute approximate surface area is 122 Å². The molecule has 0 aliphatic heterocycles. The van der Waals surface area contributed by atoms with Gasteiger partial charge in [-0.25, -0.2) is 4.68 Å². The molecule has 0 saturated heterocycles. The van der Waals surface area contributed by atoms with Crippen LogP contribution in [0.4, 0.5) is 0 Å². The van der Waals surface area contributed by atoms with Crippen LogP contribution in [-0.2, 0) is 13.6 Å². The average molecular weight is 283 g/mol. The highest BCUT2D eigenvalue weighted by atomic mass is 15.5. The van der Waals surface area contributed by atoms with Gasteiger partial charge in [-0.05, 0) is 41.1 Å². The van der Waals surface area contributed by atoms with Crippen molar-refractivity contribution in [2.45, 2.75) is 19.5 Å². The van der Waals surface area contributed by atoms with Gasteiger partial charge in [-0.15, -0.1) is 5.10 Å². The van der Waals surface area contributed by atoms with Gasteiger partial charge in [-0.1, -0.05) is 12.1 Å². The predicted molar refractivity (Wildman–Crippen MR) is 77.6 cm³/mol. The second-order valence-corrected chi connectivity index (χ2v) is 4.93. The standard InChI is InChI=1S/C14H17N7/c1-11(15-9-13-6-7-20(2)17-13)12-4-3-5-14(8-12)21-10-16-18-19-21/h3-8,10-11,15H,9H2,1-2H3. The summed E-state index contributed by atoms with van der Waals surface area (Å²) in [6.45, 7) is 2.86. The molecule has 7 heteroatoms. The average Bonchev–Trinajstić information content (AvgIpc) is 3.16. The van der Waals surface area contributed by atoms with Gasteiger partial charge in [0.1, 0.15) is 6.33 Å². The Balaban J connectivity index is 1.69. The van der Waals surface area contributed by atoms with Crippen LogP contribution < -0.4 is 5.32 Å². The number of nitrogens with zero attached hydrogens (tertiary/aromatic N) is 6. The Morgan fingerprint density at radius 1 is 1.29 bits per heavy atom. The SMILES string of the molecule is CC(NCc1ccn(C)n1)c1cccc(-n2cnnn2)c1. The van der Waals surface area contributed by atoms with E-state index in [1.807, 2.05) is 31.4 Å². The van der Waals surface area contributed by atoms with Crippen LogP contribution in [0.25, 0.3) is 5.69 Å². The second-order valence-electron chi connectivity index (χ2n) is 4.93. The molecule has 0 bridgehead atoms. The molecule has 21 heavy (non-hydrogen) atoms. The smallest absolute Gasteiger partial charge is 0.143 e. The number of tetrazole rings is 1. The summed E-state index contributed by atoms with van der Waals surface area (Å²) >= 11 is 0. The molecule has 0 aliphatic carbocycles. The Morgan fingerprint density at radius 2 is 2.19 bits per heavy atom. The van der Waals surface area contributed by atoms with E-state index in [-0.39, 0.29) is 6.04 Å². The number of aromatic nitrogens is 6. The van der Waals surface area contributed by atoms with Crippen LogP contribution >= 0.6 is 0 Å². The van der Waals surface area contributed by atoms with Crippen molar-refractivity contribution in [2.75, 3.05) is 0 Å². The number of aryl methyl sites for hydroxylation is 1. The maximum absolute atomic E-state index is 4.36. The van der Waals surface area contributed by atoms with Crippen molar-refractivity contribution in [2.24, 2.45) is 7.05 Å². The Hall–Kier alpha value is -2.54. The van der Waals surface area contributed by atoms with Gasteiger partial charge in [0.25, 0.3) is 0 Å². The fourth-order valence-corrected chi connectivity index (χ4v) is 2.15. The minimum Gasteiger partial charge on any atom is -0.304 e. The summed E-state index contributed by atoms with van der Waals surface area (Å²) in [5.41, 5.74) is 3.16. The lowest BCUT2D eigenvalue weighted by Gasteiger charge is -2.14. The van der Waals surface area contributed by atoms with Crippen molar-refractivity contribution in [1.82, 2.24) is 35.3 Å². The monoisotopic (exact) mass is 283 g/mol. The summed E-state index contributed by atoms with van der Waals surface area (Å²) in [7, 11) is 1.92. The summed E-state index contributed by atoms with van der Waals surface area (Å²) in [4.78, 5) is 0. The first kappa shape index (κ1) is 13.4. The minimum absolute atomic E-state index is 0.212. The van der Waals surface area contributed by atoms with Gasteiger partial charge >= 0.3 is 0 Å². The molecule has 1 aromatic carbocycles. The third-order valence-corrected chi connectivity index (χ3v) is 3.34. The van der Waals surface area contributed by atoms with Crippen LogP contribution in [0.5, 0.6) is 0 Å². The Morgan fingerprint density at radius 3 is 2.90 bits per heavy atom. The number of hydrogen-bond acceptors (Lipinski definition) is 5. The highest BCUT2D eigenvalue weighted by molar-refractivity contribution is 5.35. The van der Waals surface area contributed by atoms with Crippen LogP contribution in [0.2, 0.25) is 0 Å². The molecule has 3 aromatic rings. The molecule has 7 nitrogen and oxygen atoms in total. The Bertz CT molecular complexity index is 702. The lowest BCUT2D eigenvalue weighted by molar-refractivity contribution is 0.561. The quantitative estimate of drug-likeness (QED) is 0.763. The van der Waals surface area contributed by atoms with Gasteiger partial charge in [0.05, 0.1) is 11.4 Å². The predicted octanol–water partition coefficient (Wildman–Crippen LogP) is 1.25. The van der Waals surface area contributed by atoms with E-state index >= 15 is 0 Å². The fraction of sp³-hybridized carbons (Fsp3) is 0.286. The number of hydrogen-bond donors (Lipinski definition) is 1. The number of nitrogens with one attached hydrogen (secondary N) is 1. The lowest BCUT2D eigenvalue weighted by Crippen LogP contribution is -2.18. The summed E-state index contributed by atoms with van der Waals surface area (Å²) in [6, 6.07) is 10.4. The molecular formula is C14H17N7. The summed E-state index contributed by atoms with van der Waals surface area (Å²) in [6.07, 6.45) is 3.53. The second kappa shape index (κ2) is 5.84. The minimum atomic E-state index is 0.212. The third kappa shape index (κ3) is 3.14. The number of benzene rings is 1. The van der Waals surface area contributed by atoms with Gasteiger partial charge in [0.2, 0.25) is 0 Å². The summed E-state index contributed by atoms with van der Waals surface area (Å²) in [5.74, 6) is 0. The molecule has 1 N–H and O–H groups in total. The first-order valence-electron chi connectivity index (χ1n) is 6.77. The molecule has 108 valence electrons. The van der Waals surface area contributed by atoms with E-state index in [4.69, 9.17) is 0 Å². The lowest BCUT2D eigenvalue weighted by atomic mass is 10.1. The van der Waals surface area contributed by atoms with E-state index in [0.717, 1.165) is 17.9 Å². The maximum atomic E-state index is 4.36. The molecule has 2 heterocycles. The maximum Gasteiger partial charge on any atom is 0.143 e. The molecule has 0 spiro atoms. The molecule has 0 saturated carbocycles. The van der Waals surface area contributed by atoms with Crippen molar-refractivity contribution < 1.29 is 0 Å². The zero-order chi connectivity index (χ0) is 14.7. The molecule has 0 radical (unpaired) electrons. The van der Waals surface area contributed by atoms with Crippen LogP contribution in [0.3, 0.4) is 0 Å². The summed E-state index contributed by atoms with van der Waals surface area (Å²) in [5, 5.41) is 19.0. The van der Waals surface area contributed by atoms with Gasteiger partial charge < -0.3 is 5.32 Å². The van der Waals surface area contributed by atoms with Gasteiger partial charge in [0, 0.05) is 25.8 Å². The molecule has 3 rings (SSSR count). The third-order valence-electron chi connectivity index (χ3n) is 3.34. The van der Waals surface area contributed by atoms with Crippen LogP contribution in [0, 0.1) is 0 Å². The van der Waals surface area contributed by atoms with Crippen molar-refractivity contribution in [3.63, 3.8) is 0 Å². The fourth-order valence-electron chi connectivity index (χ4n) is 2.15. The van der Waals surface area contributed by atoms with Gasteiger partial charge in [-0.2, -0.15) is 5.10 Å². The molecule has 1 unspecified atom stereocenters. The molecule has 2 aromatic heterocycles. The van der Waals surface area contributed by atoms with Crippen LogP contribution in [0.1, 0.15) is 24.2 Å². The van der Waals surface area contributed by atoms with Crippen molar-refractivity contribution in [1.29, 1.82) is 0 Å². The molecule has 1 atom stereocenters. The molecule has 0 amide bonds. The van der Waals surface area contributed by atoms with E-state index in [1.165, 1.54) is 5.56 Å². The van der Waals surface area contributed by atoms with E-state index in [1.54, 1.807) is 15.7 Å². The van der Waals surface area contributed by atoms with Gasteiger partial charge in [0.15, 0.2) is 0 Å². The van der Waals surface area contributed by atoms with Crippen molar-refractivity contribution >= 4 is 0 Å². The number of rotatable bonds is 5. The van der Waals surface area contributed by atoms with E-state index in [2.05, 4.69) is 45.0 Å². The summed E-state index contributed by atoms with van der Waals surface area (Å²) < 4.78 is 3.45. The van der Waals surface area contributed by atoms with Crippen LogP contribution in [0.15, 0.2) is 42.9 Å². The highest BCUT2D eigenvalue weighted by Gasteiger charge is 2.07. The first-order chi connectivity index (χ1) is 10.2. The van der Waals surface area contributed by atoms with E-state index in [9.17, 15) is 0 Å². The van der Waals surface area contributed by atoms with E-state index < -0.39 is 0 Å². The largest absolute Gasteiger partial charge is 0.304 e. The van der Waals surface area contributed by atoms with Crippen molar-refractivity contribution in [3.8, 4) is 5.69 Å². The molecule has 0 fully saturated rings. The van der Waals surface area contributed by atoms with Gasteiger partial charge in [-0.3, -0.25) is 4.68 Å². The topological polar surface area (TPSA) is 73.5 Å². The van der Waals surface area contributed by atoms with Crippen molar-refractivity contribution in [3.05, 3.63) is 54.1 Å². The molecular weight excluding hydrogens is 266 g/mol. The zero-order valence-corrected chi connectivity index (χ0v) is 12.0.